The molecule has 5 heteroatoms. The molecule has 2 heterocycles. The molecule has 0 saturated heterocycles. The maximum Gasteiger partial charge on any atom is 0.331 e. The highest BCUT2D eigenvalue weighted by Crippen LogP contribution is 2.22. The lowest BCUT2D eigenvalue weighted by atomic mass is 9.87. The third-order valence-electron chi connectivity index (χ3n) is 4.60. The fourth-order valence-electron chi connectivity index (χ4n) is 3.18. The highest BCUT2D eigenvalue weighted by molar-refractivity contribution is 5.33. The second kappa shape index (κ2) is 5.79. The van der Waals surface area contributed by atoms with Crippen LogP contribution in [0.4, 0.5) is 0 Å². The van der Waals surface area contributed by atoms with Crippen molar-refractivity contribution < 1.29 is 0 Å². The molecule has 3 rings (SSSR count). The van der Waals surface area contributed by atoms with Crippen molar-refractivity contribution >= 4 is 0 Å². The number of benzene rings is 1. The summed E-state index contributed by atoms with van der Waals surface area (Å²) in [6.45, 7) is 7.18. The first-order chi connectivity index (χ1) is 11.3. The molecule has 0 amide bonds. The molecule has 5 nitrogen and oxygen atoms in total. The highest BCUT2D eigenvalue weighted by atomic mass is 16.2. The van der Waals surface area contributed by atoms with Crippen molar-refractivity contribution in [1.82, 2.24) is 9.13 Å². The maximum absolute atomic E-state index is 12.6. The summed E-state index contributed by atoms with van der Waals surface area (Å²) in [5.41, 5.74) is 2.04. The van der Waals surface area contributed by atoms with Crippen LogP contribution in [0.2, 0.25) is 0 Å². The molecule has 1 aliphatic rings. The van der Waals surface area contributed by atoms with Gasteiger partial charge in [0.1, 0.15) is 11.6 Å². The Morgan fingerprint density at radius 3 is 2.42 bits per heavy atom. The van der Waals surface area contributed by atoms with E-state index in [1.807, 2.05) is 30.3 Å². The van der Waals surface area contributed by atoms with Crippen LogP contribution in [-0.2, 0) is 24.9 Å². The summed E-state index contributed by atoms with van der Waals surface area (Å²) in [6.07, 6.45) is 1.42. The van der Waals surface area contributed by atoms with E-state index >= 15 is 0 Å². The minimum Gasteiger partial charge on any atom is -0.296 e. The van der Waals surface area contributed by atoms with Crippen molar-refractivity contribution in [2.75, 3.05) is 0 Å². The zero-order valence-corrected chi connectivity index (χ0v) is 14.3. The first-order valence-electron chi connectivity index (χ1n) is 8.19. The summed E-state index contributed by atoms with van der Waals surface area (Å²) in [6, 6.07) is 9.92. The van der Waals surface area contributed by atoms with Crippen LogP contribution < -0.4 is 11.2 Å². The molecule has 0 fully saturated rings. The number of hydrogen-bond donors (Lipinski definition) is 0. The van der Waals surface area contributed by atoms with Crippen LogP contribution in [0.5, 0.6) is 0 Å². The van der Waals surface area contributed by atoms with E-state index in [0.29, 0.717) is 18.7 Å². The van der Waals surface area contributed by atoms with Crippen molar-refractivity contribution in [3.05, 3.63) is 67.5 Å². The third kappa shape index (κ3) is 2.69. The third-order valence-corrected chi connectivity index (χ3v) is 4.60. The van der Waals surface area contributed by atoms with E-state index in [9.17, 15) is 14.9 Å². The van der Waals surface area contributed by atoms with Gasteiger partial charge in [0.25, 0.3) is 5.56 Å². The van der Waals surface area contributed by atoms with Gasteiger partial charge in [0.15, 0.2) is 0 Å². The Morgan fingerprint density at radius 1 is 1.17 bits per heavy atom. The van der Waals surface area contributed by atoms with Gasteiger partial charge in [-0.2, -0.15) is 5.26 Å². The fourth-order valence-corrected chi connectivity index (χ4v) is 3.18. The van der Waals surface area contributed by atoms with Crippen molar-refractivity contribution in [3.8, 4) is 6.07 Å². The zero-order chi connectivity index (χ0) is 17.5. The lowest BCUT2D eigenvalue weighted by Gasteiger charge is -2.19. The number of fused-ring (bicyclic) bond motifs is 1. The molecule has 0 aliphatic carbocycles. The number of nitriles is 1. The summed E-state index contributed by atoms with van der Waals surface area (Å²) in [7, 11) is 0. The minimum absolute atomic E-state index is 0.0520. The SMILES string of the molecule is CC(C)(C)c1ccc(Cn2c(=O)c(C#N)c3n(c2=O)CCC3)cc1. The van der Waals surface area contributed by atoms with Gasteiger partial charge in [-0.1, -0.05) is 45.0 Å². The Morgan fingerprint density at radius 2 is 1.83 bits per heavy atom. The van der Waals surface area contributed by atoms with Crippen LogP contribution in [-0.4, -0.2) is 9.13 Å². The average Bonchev–Trinajstić information content (AvgIpc) is 3.01. The standard InChI is InChI=1S/C19H21N3O2/c1-19(2,3)14-8-6-13(7-9-14)12-22-17(23)15(11-20)16-5-4-10-21(16)18(22)24/h6-9H,4-5,10,12H2,1-3H3. The summed E-state index contributed by atoms with van der Waals surface area (Å²) >= 11 is 0. The van der Waals surface area contributed by atoms with Crippen LogP contribution in [0.25, 0.3) is 0 Å². The van der Waals surface area contributed by atoms with Gasteiger partial charge >= 0.3 is 5.69 Å². The van der Waals surface area contributed by atoms with Crippen LogP contribution in [0, 0.1) is 11.3 Å². The summed E-state index contributed by atoms with van der Waals surface area (Å²) in [4.78, 5) is 25.1. The van der Waals surface area contributed by atoms with Crippen LogP contribution in [0.1, 0.15) is 49.6 Å². The van der Waals surface area contributed by atoms with Crippen molar-refractivity contribution in [2.24, 2.45) is 0 Å². The molecule has 0 atom stereocenters. The van der Waals surface area contributed by atoms with Gasteiger partial charge in [0, 0.05) is 12.2 Å². The Hall–Kier alpha value is -2.61. The molecular weight excluding hydrogens is 302 g/mol. The normalized spacial score (nSPS) is 13.6. The van der Waals surface area contributed by atoms with Crippen LogP contribution in [0.15, 0.2) is 33.9 Å². The molecule has 24 heavy (non-hydrogen) atoms. The van der Waals surface area contributed by atoms with E-state index in [2.05, 4.69) is 20.8 Å². The Kier molecular flexibility index (Phi) is 3.92. The van der Waals surface area contributed by atoms with Gasteiger partial charge in [0.2, 0.25) is 0 Å². The van der Waals surface area contributed by atoms with Gasteiger partial charge < -0.3 is 0 Å². The molecule has 1 aromatic heterocycles. The highest BCUT2D eigenvalue weighted by Gasteiger charge is 2.22. The quantitative estimate of drug-likeness (QED) is 0.850. The molecule has 1 aromatic carbocycles. The largest absolute Gasteiger partial charge is 0.331 e. The van der Waals surface area contributed by atoms with Crippen LogP contribution >= 0.6 is 0 Å². The molecule has 0 spiro atoms. The zero-order valence-electron chi connectivity index (χ0n) is 14.3. The second-order valence-corrected chi connectivity index (χ2v) is 7.31. The van der Waals surface area contributed by atoms with Gasteiger partial charge in [-0.05, 0) is 29.4 Å². The minimum atomic E-state index is -0.476. The molecule has 0 saturated carbocycles. The molecule has 0 radical (unpaired) electrons. The molecule has 0 unspecified atom stereocenters. The van der Waals surface area contributed by atoms with Gasteiger partial charge in [-0.3, -0.25) is 13.9 Å². The van der Waals surface area contributed by atoms with E-state index in [0.717, 1.165) is 12.0 Å². The van der Waals surface area contributed by atoms with E-state index in [1.54, 1.807) is 4.57 Å². The number of rotatable bonds is 2. The lowest BCUT2D eigenvalue weighted by Crippen LogP contribution is -2.41. The van der Waals surface area contributed by atoms with E-state index in [4.69, 9.17) is 0 Å². The molecule has 2 aromatic rings. The van der Waals surface area contributed by atoms with Crippen molar-refractivity contribution in [3.63, 3.8) is 0 Å². The molecule has 0 N–H and O–H groups in total. The first kappa shape index (κ1) is 16.3. The van der Waals surface area contributed by atoms with Gasteiger partial charge in [0.05, 0.1) is 6.54 Å². The smallest absolute Gasteiger partial charge is 0.296 e. The molecule has 124 valence electrons. The molecular formula is C19H21N3O2. The van der Waals surface area contributed by atoms with E-state index in [-0.39, 0.29) is 23.2 Å². The van der Waals surface area contributed by atoms with Crippen molar-refractivity contribution in [1.29, 1.82) is 5.26 Å². The van der Waals surface area contributed by atoms with E-state index in [1.165, 1.54) is 10.1 Å². The number of nitrogens with zero attached hydrogens (tertiary/aromatic N) is 3. The average molecular weight is 323 g/mol. The van der Waals surface area contributed by atoms with Gasteiger partial charge in [-0.25, -0.2) is 4.79 Å². The van der Waals surface area contributed by atoms with Gasteiger partial charge in [-0.15, -0.1) is 0 Å². The Balaban J connectivity index is 2.04. The summed E-state index contributed by atoms with van der Waals surface area (Å²) < 4.78 is 2.75. The lowest BCUT2D eigenvalue weighted by molar-refractivity contribution is 0.587. The van der Waals surface area contributed by atoms with E-state index < -0.39 is 5.56 Å². The molecule has 0 bridgehead atoms. The first-order valence-corrected chi connectivity index (χ1v) is 8.19. The summed E-state index contributed by atoms with van der Waals surface area (Å²) in [5.74, 6) is 0. The summed E-state index contributed by atoms with van der Waals surface area (Å²) in [5, 5.41) is 9.31. The maximum atomic E-state index is 12.6. The monoisotopic (exact) mass is 323 g/mol. The van der Waals surface area contributed by atoms with Crippen molar-refractivity contribution in [2.45, 2.75) is 52.1 Å². The predicted molar refractivity (Wildman–Crippen MR) is 92.2 cm³/mol. The second-order valence-electron chi connectivity index (χ2n) is 7.31. The van der Waals surface area contributed by atoms with Crippen LogP contribution in [0.3, 0.4) is 0 Å². The molecule has 1 aliphatic heterocycles. The number of hydrogen-bond acceptors (Lipinski definition) is 3. The fraction of sp³-hybridized carbons (Fsp3) is 0.421. The Bertz CT molecular complexity index is 935. The predicted octanol–water partition coefficient (Wildman–Crippen LogP) is 2.17. The number of aromatic nitrogens is 2. The topological polar surface area (TPSA) is 67.8 Å². The Labute approximate surface area is 140 Å².